The van der Waals surface area contributed by atoms with Gasteiger partial charge < -0.3 is 4.98 Å². The molecule has 0 aliphatic carbocycles. The van der Waals surface area contributed by atoms with Crippen LogP contribution in [0.3, 0.4) is 0 Å². The van der Waals surface area contributed by atoms with Crippen molar-refractivity contribution in [2.45, 2.75) is 13.1 Å². The molecule has 0 fully saturated rings. The number of aryl methyl sites for hydroxylation is 1. The minimum atomic E-state index is -4.33. The van der Waals surface area contributed by atoms with Crippen LogP contribution in [0.25, 0.3) is 22.6 Å². The van der Waals surface area contributed by atoms with Crippen LogP contribution in [0.5, 0.6) is 0 Å². The average Bonchev–Trinajstić information content (AvgIpc) is 2.80. The standard InChI is InChI=1S/C14H10F3N3/c1-8-2-7-11-13(18-8)20-12(19-11)9-3-5-10(6-4-9)14(15,16)17/h2-7H,1H3,(H,18,19,20). The molecule has 0 aliphatic heterocycles. The Hall–Kier alpha value is -2.37. The van der Waals surface area contributed by atoms with E-state index in [-0.39, 0.29) is 0 Å². The fourth-order valence-electron chi connectivity index (χ4n) is 1.94. The molecule has 0 atom stereocenters. The van der Waals surface area contributed by atoms with Gasteiger partial charge in [0.1, 0.15) is 5.82 Å². The van der Waals surface area contributed by atoms with Crippen molar-refractivity contribution in [3.63, 3.8) is 0 Å². The number of fused-ring (bicyclic) bond motifs is 1. The second-order valence-electron chi connectivity index (χ2n) is 4.48. The van der Waals surface area contributed by atoms with Crippen molar-refractivity contribution >= 4 is 11.2 Å². The van der Waals surface area contributed by atoms with Gasteiger partial charge in [-0.05, 0) is 31.2 Å². The van der Waals surface area contributed by atoms with Gasteiger partial charge in [-0.1, -0.05) is 12.1 Å². The summed E-state index contributed by atoms with van der Waals surface area (Å²) in [5.74, 6) is 0.506. The van der Waals surface area contributed by atoms with E-state index in [9.17, 15) is 13.2 Å². The Bertz CT molecular complexity index is 757. The van der Waals surface area contributed by atoms with Crippen molar-refractivity contribution in [3.05, 3.63) is 47.7 Å². The molecule has 0 saturated heterocycles. The van der Waals surface area contributed by atoms with E-state index < -0.39 is 11.7 Å². The molecule has 0 saturated carbocycles. The summed E-state index contributed by atoms with van der Waals surface area (Å²) in [6.07, 6.45) is -4.33. The van der Waals surface area contributed by atoms with Gasteiger partial charge in [-0.3, -0.25) is 0 Å². The first-order valence-electron chi connectivity index (χ1n) is 5.94. The molecule has 3 nitrogen and oxygen atoms in total. The number of H-pyrrole nitrogens is 1. The highest BCUT2D eigenvalue weighted by atomic mass is 19.4. The molecular weight excluding hydrogens is 267 g/mol. The number of hydrogen-bond donors (Lipinski definition) is 1. The largest absolute Gasteiger partial charge is 0.416 e. The fraction of sp³-hybridized carbons (Fsp3) is 0.143. The normalized spacial score (nSPS) is 12.0. The molecule has 3 rings (SSSR count). The highest BCUT2D eigenvalue weighted by molar-refractivity contribution is 5.76. The molecule has 0 aliphatic rings. The van der Waals surface area contributed by atoms with Gasteiger partial charge in [0.2, 0.25) is 0 Å². The second-order valence-corrected chi connectivity index (χ2v) is 4.48. The third-order valence-electron chi connectivity index (χ3n) is 2.97. The third-order valence-corrected chi connectivity index (χ3v) is 2.97. The lowest BCUT2D eigenvalue weighted by molar-refractivity contribution is -0.137. The summed E-state index contributed by atoms with van der Waals surface area (Å²) in [7, 11) is 0. The highest BCUT2D eigenvalue weighted by Crippen LogP contribution is 2.30. The SMILES string of the molecule is Cc1ccc2[nH]c(-c3ccc(C(F)(F)F)cc3)nc2n1. The van der Waals surface area contributed by atoms with E-state index in [0.29, 0.717) is 17.0 Å². The number of rotatable bonds is 1. The summed E-state index contributed by atoms with van der Waals surface area (Å²) in [5.41, 5.74) is 2.06. The Balaban J connectivity index is 2.02. The van der Waals surface area contributed by atoms with Crippen molar-refractivity contribution in [2.24, 2.45) is 0 Å². The van der Waals surface area contributed by atoms with E-state index in [1.54, 1.807) is 0 Å². The Kier molecular flexibility index (Phi) is 2.74. The molecular formula is C14H10F3N3. The number of aromatic nitrogens is 3. The molecule has 2 heterocycles. The molecule has 1 aromatic carbocycles. The Morgan fingerprint density at radius 1 is 0.950 bits per heavy atom. The Labute approximate surface area is 112 Å². The van der Waals surface area contributed by atoms with Crippen LogP contribution in [0.2, 0.25) is 0 Å². The first-order chi connectivity index (χ1) is 9.43. The van der Waals surface area contributed by atoms with E-state index in [0.717, 1.165) is 23.3 Å². The Morgan fingerprint density at radius 3 is 2.30 bits per heavy atom. The smallest absolute Gasteiger partial charge is 0.337 e. The van der Waals surface area contributed by atoms with E-state index >= 15 is 0 Å². The van der Waals surface area contributed by atoms with Gasteiger partial charge in [-0.25, -0.2) is 9.97 Å². The number of hydrogen-bond acceptors (Lipinski definition) is 2. The molecule has 6 heteroatoms. The Morgan fingerprint density at radius 2 is 1.65 bits per heavy atom. The minimum Gasteiger partial charge on any atom is -0.337 e. The number of nitrogens with zero attached hydrogens (tertiary/aromatic N) is 2. The van der Waals surface area contributed by atoms with Gasteiger partial charge in [0.25, 0.3) is 0 Å². The van der Waals surface area contributed by atoms with Crippen LogP contribution < -0.4 is 0 Å². The zero-order valence-corrected chi connectivity index (χ0v) is 10.5. The number of nitrogens with one attached hydrogen (secondary N) is 1. The summed E-state index contributed by atoms with van der Waals surface area (Å²) < 4.78 is 37.5. The molecule has 0 spiro atoms. The molecule has 102 valence electrons. The van der Waals surface area contributed by atoms with E-state index in [4.69, 9.17) is 0 Å². The first-order valence-corrected chi connectivity index (χ1v) is 5.94. The van der Waals surface area contributed by atoms with Crippen molar-refractivity contribution in [3.8, 4) is 11.4 Å². The van der Waals surface area contributed by atoms with Crippen LogP contribution in [0.15, 0.2) is 36.4 Å². The predicted octanol–water partition coefficient (Wildman–Crippen LogP) is 3.95. The molecule has 2 aromatic heterocycles. The van der Waals surface area contributed by atoms with Crippen LogP contribution in [0, 0.1) is 6.92 Å². The van der Waals surface area contributed by atoms with Crippen molar-refractivity contribution < 1.29 is 13.2 Å². The number of benzene rings is 1. The van der Waals surface area contributed by atoms with Gasteiger partial charge >= 0.3 is 6.18 Å². The van der Waals surface area contributed by atoms with Gasteiger partial charge in [0.15, 0.2) is 5.65 Å². The highest BCUT2D eigenvalue weighted by Gasteiger charge is 2.30. The number of aromatic amines is 1. The summed E-state index contributed by atoms with van der Waals surface area (Å²) in [4.78, 5) is 11.6. The summed E-state index contributed by atoms with van der Waals surface area (Å²) in [6, 6.07) is 8.57. The predicted molar refractivity (Wildman–Crippen MR) is 69.1 cm³/mol. The number of pyridine rings is 1. The van der Waals surface area contributed by atoms with Crippen LogP contribution >= 0.6 is 0 Å². The molecule has 1 N–H and O–H groups in total. The number of imidazole rings is 1. The zero-order valence-electron chi connectivity index (χ0n) is 10.5. The van der Waals surface area contributed by atoms with Gasteiger partial charge in [0, 0.05) is 11.3 Å². The summed E-state index contributed by atoms with van der Waals surface area (Å²) in [6.45, 7) is 1.85. The monoisotopic (exact) mass is 277 g/mol. The van der Waals surface area contributed by atoms with Crippen LogP contribution in [-0.4, -0.2) is 15.0 Å². The fourth-order valence-corrected chi connectivity index (χ4v) is 1.94. The first kappa shape index (κ1) is 12.7. The molecule has 0 radical (unpaired) electrons. The third kappa shape index (κ3) is 2.24. The number of halogens is 3. The average molecular weight is 277 g/mol. The minimum absolute atomic E-state index is 0.506. The lowest BCUT2D eigenvalue weighted by atomic mass is 10.1. The van der Waals surface area contributed by atoms with Crippen molar-refractivity contribution in [1.82, 2.24) is 15.0 Å². The van der Waals surface area contributed by atoms with Gasteiger partial charge in [0.05, 0.1) is 11.1 Å². The maximum atomic E-state index is 12.5. The van der Waals surface area contributed by atoms with Crippen LogP contribution in [0.1, 0.15) is 11.3 Å². The zero-order chi connectivity index (χ0) is 14.3. The van der Waals surface area contributed by atoms with Gasteiger partial charge in [-0.2, -0.15) is 13.2 Å². The van der Waals surface area contributed by atoms with Crippen LogP contribution in [0.4, 0.5) is 13.2 Å². The second kappa shape index (κ2) is 4.33. The molecule has 3 aromatic rings. The lowest BCUT2D eigenvalue weighted by Crippen LogP contribution is -2.04. The van der Waals surface area contributed by atoms with Crippen LogP contribution in [-0.2, 0) is 6.18 Å². The maximum Gasteiger partial charge on any atom is 0.416 e. The quantitative estimate of drug-likeness (QED) is 0.731. The molecule has 0 amide bonds. The van der Waals surface area contributed by atoms with E-state index in [1.165, 1.54) is 12.1 Å². The molecule has 20 heavy (non-hydrogen) atoms. The van der Waals surface area contributed by atoms with Gasteiger partial charge in [-0.15, -0.1) is 0 Å². The lowest BCUT2D eigenvalue weighted by Gasteiger charge is -2.06. The van der Waals surface area contributed by atoms with Crippen molar-refractivity contribution in [2.75, 3.05) is 0 Å². The molecule has 0 unspecified atom stereocenters. The maximum absolute atomic E-state index is 12.5. The van der Waals surface area contributed by atoms with E-state index in [2.05, 4.69) is 15.0 Å². The van der Waals surface area contributed by atoms with E-state index in [1.807, 2.05) is 19.1 Å². The number of alkyl halides is 3. The summed E-state index contributed by atoms with van der Waals surface area (Å²) in [5, 5.41) is 0. The van der Waals surface area contributed by atoms with Crippen molar-refractivity contribution in [1.29, 1.82) is 0 Å². The molecule has 0 bridgehead atoms. The topological polar surface area (TPSA) is 41.6 Å². The summed E-state index contributed by atoms with van der Waals surface area (Å²) >= 11 is 0.